The highest BCUT2D eigenvalue weighted by molar-refractivity contribution is 6.10. The number of aromatic nitrogens is 3. The minimum absolute atomic E-state index is 0.282. The van der Waals surface area contributed by atoms with Gasteiger partial charge in [-0.1, -0.05) is 147 Å². The monoisotopic (exact) mass is 683 g/mol. The third kappa shape index (κ3) is 5.20. The van der Waals surface area contributed by atoms with Gasteiger partial charge in [-0.3, -0.25) is 0 Å². The van der Waals surface area contributed by atoms with Crippen molar-refractivity contribution >= 4 is 21.9 Å². The van der Waals surface area contributed by atoms with Gasteiger partial charge in [0, 0.05) is 49.6 Å². The topological polar surface area (TPSA) is 61.0 Å². The first kappa shape index (κ1) is 30.9. The molecule has 3 heterocycles. The van der Waals surface area contributed by atoms with Gasteiger partial charge < -0.3 is 9.15 Å². The highest BCUT2D eigenvalue weighted by Gasteiger charge is 2.36. The van der Waals surface area contributed by atoms with E-state index in [2.05, 4.69) is 129 Å². The average Bonchev–Trinajstić information content (AvgIpc) is 3.59. The van der Waals surface area contributed by atoms with Crippen LogP contribution in [0.3, 0.4) is 0 Å². The SMILES string of the molecule is CC1(C)c2ccccc2Oc2cccc(-c3cccc4c3oc3cc(-c5nc(-c6ccccc6)nc(-c6cccc(-c7ccccc7)c6)n5)ccc34)c21. The van der Waals surface area contributed by atoms with Crippen molar-refractivity contribution < 1.29 is 9.15 Å². The molecule has 5 nitrogen and oxygen atoms in total. The lowest BCUT2D eigenvalue weighted by molar-refractivity contribution is 0.419. The van der Waals surface area contributed by atoms with E-state index < -0.39 is 0 Å². The Morgan fingerprint density at radius 3 is 1.81 bits per heavy atom. The molecule has 53 heavy (non-hydrogen) atoms. The van der Waals surface area contributed by atoms with E-state index in [1.807, 2.05) is 48.5 Å². The van der Waals surface area contributed by atoms with E-state index in [1.165, 1.54) is 5.56 Å². The zero-order valence-corrected chi connectivity index (χ0v) is 29.2. The molecule has 252 valence electrons. The van der Waals surface area contributed by atoms with E-state index >= 15 is 0 Å². The van der Waals surface area contributed by atoms with Gasteiger partial charge in [-0.15, -0.1) is 0 Å². The molecule has 0 amide bonds. The smallest absolute Gasteiger partial charge is 0.164 e. The van der Waals surface area contributed by atoms with Crippen molar-refractivity contribution in [2.24, 2.45) is 0 Å². The van der Waals surface area contributed by atoms with Crippen LogP contribution in [0, 0.1) is 0 Å². The van der Waals surface area contributed by atoms with Crippen LogP contribution in [0.4, 0.5) is 0 Å². The molecule has 10 rings (SSSR count). The molecule has 0 spiro atoms. The van der Waals surface area contributed by atoms with E-state index in [1.54, 1.807) is 0 Å². The predicted octanol–water partition coefficient (Wildman–Crippen LogP) is 12.5. The summed E-state index contributed by atoms with van der Waals surface area (Å²) in [5, 5.41) is 2.08. The van der Waals surface area contributed by atoms with Crippen molar-refractivity contribution in [3.8, 4) is 67.9 Å². The summed E-state index contributed by atoms with van der Waals surface area (Å²) in [7, 11) is 0. The Morgan fingerprint density at radius 1 is 0.434 bits per heavy atom. The minimum Gasteiger partial charge on any atom is -0.457 e. The summed E-state index contributed by atoms with van der Waals surface area (Å²) in [6.45, 7) is 4.54. The van der Waals surface area contributed by atoms with E-state index in [4.69, 9.17) is 24.1 Å². The molecule has 0 fully saturated rings. The molecule has 0 aliphatic carbocycles. The summed E-state index contributed by atoms with van der Waals surface area (Å²) in [6.07, 6.45) is 0. The number of fused-ring (bicyclic) bond motifs is 5. The maximum absolute atomic E-state index is 6.81. The first-order valence-electron chi connectivity index (χ1n) is 17.9. The number of para-hydroxylation sites is 2. The molecule has 0 N–H and O–H groups in total. The Kier molecular flexibility index (Phi) is 7.08. The molecule has 0 bridgehead atoms. The molecule has 0 saturated carbocycles. The number of hydrogen-bond acceptors (Lipinski definition) is 5. The highest BCUT2D eigenvalue weighted by atomic mass is 16.5. The number of benzene rings is 7. The van der Waals surface area contributed by atoms with Crippen molar-refractivity contribution in [3.05, 3.63) is 175 Å². The largest absolute Gasteiger partial charge is 0.457 e. The fourth-order valence-corrected chi connectivity index (χ4v) is 7.78. The Hall–Kier alpha value is -6.85. The van der Waals surface area contributed by atoms with Crippen molar-refractivity contribution in [3.63, 3.8) is 0 Å². The second-order valence-corrected chi connectivity index (χ2v) is 14.0. The van der Waals surface area contributed by atoms with Crippen molar-refractivity contribution in [1.29, 1.82) is 0 Å². The summed E-state index contributed by atoms with van der Waals surface area (Å²) in [5.41, 5.74) is 10.7. The first-order chi connectivity index (χ1) is 26.0. The van der Waals surface area contributed by atoms with Gasteiger partial charge in [0.05, 0.1) is 0 Å². The predicted molar refractivity (Wildman–Crippen MR) is 213 cm³/mol. The standard InChI is InChI=1S/C48H33N3O2/c1-48(2)39-23-9-10-24-40(39)52-41-25-13-20-36(43(41)48)38-22-12-21-37-35-27-26-34(29-42(35)53-44(37)38)47-50-45(31-16-7-4-8-17-31)49-46(51-47)33-19-11-18-32(28-33)30-14-5-3-6-15-30/h3-29H,1-2H3. The van der Waals surface area contributed by atoms with Crippen LogP contribution in [0.25, 0.3) is 78.4 Å². The highest BCUT2D eigenvalue weighted by Crippen LogP contribution is 2.52. The Balaban J connectivity index is 1.11. The third-order valence-electron chi connectivity index (χ3n) is 10.4. The molecule has 1 aliphatic rings. The van der Waals surface area contributed by atoms with Crippen LogP contribution in [-0.4, -0.2) is 15.0 Å². The Bertz CT molecular complexity index is 2840. The zero-order chi connectivity index (χ0) is 35.5. The van der Waals surface area contributed by atoms with Crippen molar-refractivity contribution in [1.82, 2.24) is 15.0 Å². The van der Waals surface area contributed by atoms with Gasteiger partial charge >= 0.3 is 0 Å². The molecule has 7 aromatic carbocycles. The lowest BCUT2D eigenvalue weighted by atomic mass is 9.73. The normalized spacial score (nSPS) is 13.0. The summed E-state index contributed by atoms with van der Waals surface area (Å²) in [5.74, 6) is 3.58. The second kappa shape index (κ2) is 12.1. The fourth-order valence-electron chi connectivity index (χ4n) is 7.78. The van der Waals surface area contributed by atoms with Crippen LogP contribution < -0.4 is 4.74 Å². The van der Waals surface area contributed by atoms with Gasteiger partial charge in [-0.2, -0.15) is 0 Å². The molecule has 5 heteroatoms. The van der Waals surface area contributed by atoms with Gasteiger partial charge in [0.1, 0.15) is 22.7 Å². The maximum atomic E-state index is 6.81. The van der Waals surface area contributed by atoms with Gasteiger partial charge in [-0.25, -0.2) is 15.0 Å². The average molecular weight is 684 g/mol. The van der Waals surface area contributed by atoms with Crippen LogP contribution in [0.1, 0.15) is 25.0 Å². The molecule has 0 atom stereocenters. The molecule has 0 radical (unpaired) electrons. The van der Waals surface area contributed by atoms with Gasteiger partial charge in [0.25, 0.3) is 0 Å². The Labute approximate surface area is 307 Å². The summed E-state index contributed by atoms with van der Waals surface area (Å²) >= 11 is 0. The second-order valence-electron chi connectivity index (χ2n) is 14.0. The van der Waals surface area contributed by atoms with Crippen molar-refractivity contribution in [2.75, 3.05) is 0 Å². The van der Waals surface area contributed by atoms with Crippen LogP contribution in [-0.2, 0) is 5.41 Å². The van der Waals surface area contributed by atoms with Crippen LogP contribution in [0.2, 0.25) is 0 Å². The van der Waals surface area contributed by atoms with E-state index in [0.717, 1.165) is 77.9 Å². The number of hydrogen-bond donors (Lipinski definition) is 0. The quantitative estimate of drug-likeness (QED) is 0.181. The minimum atomic E-state index is -0.282. The number of furan rings is 1. The maximum Gasteiger partial charge on any atom is 0.164 e. The third-order valence-corrected chi connectivity index (χ3v) is 10.4. The summed E-state index contributed by atoms with van der Waals surface area (Å²) in [4.78, 5) is 15.1. The lowest BCUT2D eigenvalue weighted by Gasteiger charge is -2.36. The number of rotatable bonds is 5. The first-order valence-corrected chi connectivity index (χ1v) is 17.9. The van der Waals surface area contributed by atoms with E-state index in [0.29, 0.717) is 17.5 Å². The van der Waals surface area contributed by atoms with Gasteiger partial charge in [-0.05, 0) is 47.0 Å². The molecular formula is C48H33N3O2. The Morgan fingerprint density at radius 2 is 1.02 bits per heavy atom. The lowest BCUT2D eigenvalue weighted by Crippen LogP contribution is -2.25. The molecule has 0 unspecified atom stereocenters. The molecule has 0 saturated heterocycles. The molecule has 2 aromatic heterocycles. The van der Waals surface area contributed by atoms with Crippen LogP contribution in [0.5, 0.6) is 11.5 Å². The number of nitrogens with zero attached hydrogens (tertiary/aromatic N) is 3. The molecular weight excluding hydrogens is 651 g/mol. The van der Waals surface area contributed by atoms with Gasteiger partial charge in [0.2, 0.25) is 0 Å². The van der Waals surface area contributed by atoms with Gasteiger partial charge in [0.15, 0.2) is 17.5 Å². The number of ether oxygens (including phenoxy) is 1. The summed E-state index contributed by atoms with van der Waals surface area (Å²) in [6, 6.07) is 56.0. The van der Waals surface area contributed by atoms with Crippen molar-refractivity contribution in [2.45, 2.75) is 19.3 Å². The molecule has 9 aromatic rings. The van der Waals surface area contributed by atoms with Crippen LogP contribution in [0.15, 0.2) is 168 Å². The van der Waals surface area contributed by atoms with E-state index in [9.17, 15) is 0 Å². The van der Waals surface area contributed by atoms with Crippen LogP contribution >= 0.6 is 0 Å². The summed E-state index contributed by atoms with van der Waals surface area (Å²) < 4.78 is 13.3. The van der Waals surface area contributed by atoms with E-state index in [-0.39, 0.29) is 5.41 Å². The fraction of sp³-hybridized carbons (Fsp3) is 0.0625. The zero-order valence-electron chi connectivity index (χ0n) is 29.2. The molecule has 1 aliphatic heterocycles.